The Morgan fingerprint density at radius 3 is 2.52 bits per heavy atom. The van der Waals surface area contributed by atoms with Crippen LogP contribution in [0.4, 0.5) is 35.0 Å². The molecule has 0 fully saturated rings. The lowest BCUT2D eigenvalue weighted by Gasteiger charge is -2.11. The van der Waals surface area contributed by atoms with E-state index in [-0.39, 0.29) is 30.9 Å². The van der Waals surface area contributed by atoms with Crippen molar-refractivity contribution in [2.24, 2.45) is 0 Å². The van der Waals surface area contributed by atoms with Gasteiger partial charge in [0.2, 0.25) is 0 Å². The SMILES string of the molecule is CCOC(=O)Nc1cccc(C(=O)NCCNc2ccc(C(F)(F)F)cc2[N+](=O)[O-])c1. The van der Waals surface area contributed by atoms with Crippen LogP contribution in [-0.2, 0) is 10.9 Å². The van der Waals surface area contributed by atoms with Gasteiger partial charge in [0.1, 0.15) is 5.69 Å². The lowest BCUT2D eigenvalue weighted by Crippen LogP contribution is -2.29. The first kappa shape index (κ1) is 23.4. The van der Waals surface area contributed by atoms with Gasteiger partial charge in [-0.15, -0.1) is 0 Å². The van der Waals surface area contributed by atoms with Crippen LogP contribution in [0.1, 0.15) is 22.8 Å². The minimum absolute atomic E-state index is 0.0265. The van der Waals surface area contributed by atoms with Gasteiger partial charge in [0.05, 0.1) is 17.1 Å². The number of halogens is 3. The van der Waals surface area contributed by atoms with Gasteiger partial charge in [0.25, 0.3) is 11.6 Å². The summed E-state index contributed by atoms with van der Waals surface area (Å²) in [6.07, 6.45) is -5.36. The smallest absolute Gasteiger partial charge is 0.416 e. The molecule has 0 saturated heterocycles. The molecule has 0 heterocycles. The van der Waals surface area contributed by atoms with E-state index in [9.17, 15) is 32.9 Å². The number of ether oxygens (including phenoxy) is 1. The van der Waals surface area contributed by atoms with Crippen molar-refractivity contribution in [2.75, 3.05) is 30.3 Å². The largest absolute Gasteiger partial charge is 0.450 e. The zero-order valence-corrected chi connectivity index (χ0v) is 16.3. The molecule has 9 nitrogen and oxygen atoms in total. The zero-order valence-electron chi connectivity index (χ0n) is 16.3. The van der Waals surface area contributed by atoms with Crippen molar-refractivity contribution in [1.82, 2.24) is 5.32 Å². The van der Waals surface area contributed by atoms with E-state index in [4.69, 9.17) is 4.74 Å². The monoisotopic (exact) mass is 440 g/mol. The summed E-state index contributed by atoms with van der Waals surface area (Å²) >= 11 is 0. The first-order valence-electron chi connectivity index (χ1n) is 9.03. The lowest BCUT2D eigenvalue weighted by molar-refractivity contribution is -0.384. The van der Waals surface area contributed by atoms with Gasteiger partial charge in [0, 0.05) is 30.4 Å². The molecule has 2 rings (SSSR count). The molecule has 0 unspecified atom stereocenters. The number of rotatable bonds is 8. The molecule has 12 heteroatoms. The van der Waals surface area contributed by atoms with Crippen molar-refractivity contribution in [3.63, 3.8) is 0 Å². The Labute approximate surface area is 174 Å². The van der Waals surface area contributed by atoms with Gasteiger partial charge in [-0.2, -0.15) is 13.2 Å². The quantitative estimate of drug-likeness (QED) is 0.324. The minimum atomic E-state index is -4.70. The molecule has 0 aliphatic rings. The summed E-state index contributed by atoms with van der Waals surface area (Å²) in [5, 5.41) is 18.7. The first-order chi connectivity index (χ1) is 14.6. The normalized spacial score (nSPS) is 10.8. The molecule has 0 saturated carbocycles. The number of benzene rings is 2. The fourth-order valence-corrected chi connectivity index (χ4v) is 2.51. The van der Waals surface area contributed by atoms with E-state index in [1.807, 2.05) is 0 Å². The Kier molecular flexibility index (Phi) is 7.77. The lowest BCUT2D eigenvalue weighted by atomic mass is 10.1. The number of nitrogens with zero attached hydrogens (tertiary/aromatic N) is 1. The summed E-state index contributed by atoms with van der Waals surface area (Å²) in [7, 11) is 0. The zero-order chi connectivity index (χ0) is 23.0. The number of nitro benzene ring substituents is 1. The second-order valence-electron chi connectivity index (χ2n) is 6.10. The standard InChI is InChI=1S/C19H19F3N4O5/c1-2-31-18(28)25-14-5-3-4-12(10-14)17(27)24-9-8-23-15-7-6-13(19(20,21)22)11-16(15)26(29)30/h3-7,10-11,23H,2,8-9H2,1H3,(H,24,27)(H,25,28). The van der Waals surface area contributed by atoms with Crippen LogP contribution in [0.5, 0.6) is 0 Å². The average Bonchev–Trinajstić information content (AvgIpc) is 2.70. The highest BCUT2D eigenvalue weighted by Crippen LogP contribution is 2.34. The number of nitrogens with one attached hydrogen (secondary N) is 3. The summed E-state index contributed by atoms with van der Waals surface area (Å²) in [4.78, 5) is 33.8. The number of carbonyl (C=O) groups is 2. The molecule has 31 heavy (non-hydrogen) atoms. The van der Waals surface area contributed by atoms with E-state index < -0.39 is 34.4 Å². The molecule has 0 spiro atoms. The predicted octanol–water partition coefficient (Wildman–Crippen LogP) is 4.02. The van der Waals surface area contributed by atoms with Gasteiger partial charge in [-0.25, -0.2) is 4.79 Å². The summed E-state index contributed by atoms with van der Waals surface area (Å²) in [6, 6.07) is 8.21. The minimum Gasteiger partial charge on any atom is -0.450 e. The van der Waals surface area contributed by atoms with Crippen LogP contribution < -0.4 is 16.0 Å². The van der Waals surface area contributed by atoms with Crippen molar-refractivity contribution >= 4 is 29.1 Å². The van der Waals surface area contributed by atoms with Crippen molar-refractivity contribution in [2.45, 2.75) is 13.1 Å². The summed E-state index contributed by atoms with van der Waals surface area (Å²) in [6.45, 7) is 1.90. The Morgan fingerprint density at radius 2 is 1.87 bits per heavy atom. The molecule has 0 atom stereocenters. The molecule has 166 valence electrons. The maximum Gasteiger partial charge on any atom is 0.416 e. The number of amides is 2. The van der Waals surface area contributed by atoms with Crippen molar-refractivity contribution in [3.05, 3.63) is 63.7 Å². The Bertz CT molecular complexity index is 966. The summed E-state index contributed by atoms with van der Waals surface area (Å²) in [5.41, 5.74) is -1.36. The van der Waals surface area contributed by atoms with Crippen LogP contribution in [-0.4, -0.2) is 36.6 Å². The number of carbonyl (C=O) groups excluding carboxylic acids is 2. The van der Waals surface area contributed by atoms with Gasteiger partial charge in [-0.05, 0) is 37.3 Å². The Morgan fingerprint density at radius 1 is 1.13 bits per heavy atom. The molecule has 0 bridgehead atoms. The maximum absolute atomic E-state index is 12.7. The molecular weight excluding hydrogens is 421 g/mol. The van der Waals surface area contributed by atoms with Gasteiger partial charge < -0.3 is 15.4 Å². The second kappa shape index (κ2) is 10.3. The third-order valence-corrected chi connectivity index (χ3v) is 3.89. The van der Waals surface area contributed by atoms with E-state index in [0.717, 1.165) is 12.1 Å². The Hall–Kier alpha value is -3.83. The van der Waals surface area contributed by atoms with Crippen molar-refractivity contribution in [3.8, 4) is 0 Å². The Balaban J connectivity index is 1.94. The van der Waals surface area contributed by atoms with Gasteiger partial charge >= 0.3 is 12.3 Å². The van der Waals surface area contributed by atoms with Crippen LogP contribution in [0.25, 0.3) is 0 Å². The van der Waals surface area contributed by atoms with E-state index >= 15 is 0 Å². The van der Waals surface area contributed by atoms with Crippen LogP contribution >= 0.6 is 0 Å². The van der Waals surface area contributed by atoms with Crippen LogP contribution in [0.15, 0.2) is 42.5 Å². The first-order valence-corrected chi connectivity index (χ1v) is 9.03. The highest BCUT2D eigenvalue weighted by Gasteiger charge is 2.33. The highest BCUT2D eigenvalue weighted by molar-refractivity contribution is 5.96. The van der Waals surface area contributed by atoms with E-state index in [1.165, 1.54) is 12.1 Å². The van der Waals surface area contributed by atoms with E-state index in [1.54, 1.807) is 19.1 Å². The molecule has 0 radical (unpaired) electrons. The van der Waals surface area contributed by atoms with Crippen LogP contribution in [0.3, 0.4) is 0 Å². The van der Waals surface area contributed by atoms with Crippen LogP contribution in [0, 0.1) is 10.1 Å². The number of hydrogen-bond donors (Lipinski definition) is 3. The molecule has 3 N–H and O–H groups in total. The van der Waals surface area contributed by atoms with Gasteiger partial charge in [0.15, 0.2) is 0 Å². The van der Waals surface area contributed by atoms with E-state index in [0.29, 0.717) is 11.8 Å². The molecule has 2 aromatic rings. The number of hydrogen-bond acceptors (Lipinski definition) is 6. The molecule has 0 aromatic heterocycles. The molecular formula is C19H19F3N4O5. The third kappa shape index (κ3) is 6.87. The molecule has 2 aromatic carbocycles. The number of alkyl halides is 3. The topological polar surface area (TPSA) is 123 Å². The molecule has 0 aliphatic heterocycles. The van der Waals surface area contributed by atoms with Gasteiger partial charge in [-0.1, -0.05) is 6.07 Å². The molecule has 2 amide bonds. The van der Waals surface area contributed by atoms with Gasteiger partial charge in [-0.3, -0.25) is 20.2 Å². The molecule has 0 aliphatic carbocycles. The summed E-state index contributed by atoms with van der Waals surface area (Å²) in [5.74, 6) is -0.476. The highest BCUT2D eigenvalue weighted by atomic mass is 19.4. The van der Waals surface area contributed by atoms with Crippen molar-refractivity contribution < 1.29 is 32.4 Å². The maximum atomic E-state index is 12.7. The average molecular weight is 440 g/mol. The third-order valence-electron chi connectivity index (χ3n) is 3.89. The second-order valence-corrected chi connectivity index (χ2v) is 6.10. The van der Waals surface area contributed by atoms with Crippen LogP contribution in [0.2, 0.25) is 0 Å². The van der Waals surface area contributed by atoms with Crippen molar-refractivity contribution in [1.29, 1.82) is 0 Å². The predicted molar refractivity (Wildman–Crippen MR) is 106 cm³/mol. The fourth-order valence-electron chi connectivity index (χ4n) is 2.51. The summed E-state index contributed by atoms with van der Waals surface area (Å²) < 4.78 is 43.0. The van der Waals surface area contributed by atoms with E-state index in [2.05, 4.69) is 16.0 Å². The fraction of sp³-hybridized carbons (Fsp3) is 0.263. The number of nitro groups is 1. The number of anilines is 2.